The van der Waals surface area contributed by atoms with E-state index in [9.17, 15) is 24.0 Å². The van der Waals surface area contributed by atoms with Crippen molar-refractivity contribution in [1.29, 1.82) is 0 Å². The molecule has 0 aliphatic rings. The van der Waals surface area contributed by atoms with E-state index in [4.69, 9.17) is 10.2 Å². The van der Waals surface area contributed by atoms with Crippen molar-refractivity contribution in [3.05, 3.63) is 0 Å². The van der Waals surface area contributed by atoms with Gasteiger partial charge >= 0.3 is 11.9 Å². The molecule has 0 bridgehead atoms. The first-order valence-corrected chi connectivity index (χ1v) is 12.4. The van der Waals surface area contributed by atoms with Crippen LogP contribution in [0.15, 0.2) is 0 Å². The van der Waals surface area contributed by atoms with E-state index >= 15 is 0 Å². The highest BCUT2D eigenvalue weighted by Crippen LogP contribution is 2.30. The van der Waals surface area contributed by atoms with Crippen molar-refractivity contribution in [2.75, 3.05) is 0 Å². The largest absolute Gasteiger partial charge is 0.481 e. The van der Waals surface area contributed by atoms with Gasteiger partial charge in [0.2, 0.25) is 0 Å². The van der Waals surface area contributed by atoms with E-state index in [2.05, 4.69) is 20.8 Å². The second-order valence-corrected chi connectivity index (χ2v) is 12.7. The average Bonchev–Trinajstić information content (AvgIpc) is 2.56. The van der Waals surface area contributed by atoms with Gasteiger partial charge in [0.25, 0.3) is 0 Å². The van der Waals surface area contributed by atoms with E-state index in [1.165, 1.54) is 13.8 Å². The number of ketones is 3. The molecule has 2 N–H and O–H groups in total. The van der Waals surface area contributed by atoms with Crippen LogP contribution in [0.5, 0.6) is 0 Å². The highest BCUT2D eigenvalue weighted by molar-refractivity contribution is 5.83. The van der Waals surface area contributed by atoms with Gasteiger partial charge in [0.1, 0.15) is 17.3 Å². The summed E-state index contributed by atoms with van der Waals surface area (Å²) >= 11 is 0. The number of hydrogen-bond donors (Lipinski definition) is 2. The zero-order valence-electron chi connectivity index (χ0n) is 24.3. The standard InChI is InChI=1S/C10H18O3.C9H16O3.C9H18O/c1-7(11)8(10(2,3)4)5-6-9(12)13;1-6(10)7(5-8(11)12)9(2,3)4;1-8(10)6-5-7-9(2,3)4/h8H,5-6H2,1-4H3,(H,12,13);7H,5H2,1-4H3,(H,11,12);5-7H2,1-4H3. The third kappa shape index (κ3) is 24.9. The molecule has 0 heterocycles. The molecular formula is C28H52O7. The topological polar surface area (TPSA) is 126 Å². The Morgan fingerprint density at radius 2 is 1.03 bits per heavy atom. The van der Waals surface area contributed by atoms with Crippen LogP contribution in [0.1, 0.15) is 122 Å². The van der Waals surface area contributed by atoms with Crippen molar-refractivity contribution in [1.82, 2.24) is 0 Å². The number of rotatable bonds is 10. The molecule has 7 heteroatoms. The lowest BCUT2D eigenvalue weighted by Crippen LogP contribution is -2.29. The summed E-state index contributed by atoms with van der Waals surface area (Å²) in [6.07, 6.45) is 3.37. The monoisotopic (exact) mass is 500 g/mol. The Kier molecular flexibility index (Phi) is 17.8. The van der Waals surface area contributed by atoms with Crippen LogP contribution in [0.2, 0.25) is 0 Å². The summed E-state index contributed by atoms with van der Waals surface area (Å²) in [5, 5.41) is 17.0. The zero-order valence-corrected chi connectivity index (χ0v) is 24.3. The highest BCUT2D eigenvalue weighted by atomic mass is 16.4. The van der Waals surface area contributed by atoms with E-state index in [0.29, 0.717) is 17.6 Å². The molecule has 2 unspecified atom stereocenters. The molecule has 0 aliphatic carbocycles. The summed E-state index contributed by atoms with van der Waals surface area (Å²) in [6.45, 7) is 22.7. The molecule has 0 aromatic carbocycles. The Morgan fingerprint density at radius 1 is 0.629 bits per heavy atom. The Morgan fingerprint density at radius 3 is 1.23 bits per heavy atom. The van der Waals surface area contributed by atoms with Crippen molar-refractivity contribution in [3.63, 3.8) is 0 Å². The van der Waals surface area contributed by atoms with Crippen LogP contribution in [0.25, 0.3) is 0 Å². The van der Waals surface area contributed by atoms with E-state index < -0.39 is 11.9 Å². The number of carboxylic acids is 2. The van der Waals surface area contributed by atoms with Gasteiger partial charge < -0.3 is 15.0 Å². The smallest absolute Gasteiger partial charge is 0.304 e. The van der Waals surface area contributed by atoms with Crippen molar-refractivity contribution >= 4 is 29.3 Å². The van der Waals surface area contributed by atoms with E-state index in [-0.39, 0.29) is 47.1 Å². The molecule has 7 nitrogen and oxygen atoms in total. The lowest BCUT2D eigenvalue weighted by molar-refractivity contribution is -0.142. The molecule has 0 amide bonds. The maximum atomic E-state index is 11.2. The molecule has 35 heavy (non-hydrogen) atoms. The Bertz CT molecular complexity index is 686. The average molecular weight is 501 g/mol. The normalized spacial score (nSPS) is 13.3. The summed E-state index contributed by atoms with van der Waals surface area (Å²) in [5.41, 5.74) is -0.0129. The maximum absolute atomic E-state index is 11.2. The summed E-state index contributed by atoms with van der Waals surface area (Å²) in [4.78, 5) is 53.6. The SMILES string of the molecule is CC(=O)C(CC(=O)O)C(C)(C)C.CC(=O)C(CCC(=O)O)C(C)(C)C.CC(=O)CCCC(C)(C)C. The third-order valence-electron chi connectivity index (χ3n) is 5.55. The first-order valence-electron chi connectivity index (χ1n) is 12.4. The molecule has 0 aliphatic heterocycles. The fourth-order valence-corrected chi connectivity index (χ4v) is 3.62. The van der Waals surface area contributed by atoms with Gasteiger partial charge in [-0.15, -0.1) is 0 Å². The molecule has 0 aromatic rings. The van der Waals surface area contributed by atoms with Gasteiger partial charge in [-0.1, -0.05) is 62.3 Å². The summed E-state index contributed by atoms with van der Waals surface area (Å²) in [5.74, 6) is -1.94. The van der Waals surface area contributed by atoms with Gasteiger partial charge in [0.05, 0.1) is 6.42 Å². The van der Waals surface area contributed by atoms with Crippen molar-refractivity contribution < 1.29 is 34.2 Å². The first kappa shape index (κ1) is 37.5. The molecule has 0 fully saturated rings. The highest BCUT2D eigenvalue weighted by Gasteiger charge is 2.30. The van der Waals surface area contributed by atoms with E-state index in [0.717, 1.165) is 19.3 Å². The molecule has 0 radical (unpaired) electrons. The Balaban J connectivity index is -0.000000443. The third-order valence-corrected chi connectivity index (χ3v) is 5.55. The van der Waals surface area contributed by atoms with Gasteiger partial charge in [-0.25, -0.2) is 0 Å². The lowest BCUT2D eigenvalue weighted by Gasteiger charge is -2.27. The Labute approximate surface area is 213 Å². The van der Waals surface area contributed by atoms with Crippen LogP contribution in [0.3, 0.4) is 0 Å². The van der Waals surface area contributed by atoms with Gasteiger partial charge in [-0.2, -0.15) is 0 Å². The molecule has 0 aromatic heterocycles. The van der Waals surface area contributed by atoms with E-state index in [1.807, 2.05) is 41.5 Å². The zero-order chi connectivity index (χ0) is 28.8. The first-order chi connectivity index (χ1) is 15.4. The molecule has 0 spiro atoms. The predicted octanol–water partition coefficient (Wildman–Crippen LogP) is 6.61. The van der Waals surface area contributed by atoms with Gasteiger partial charge in [0, 0.05) is 24.7 Å². The van der Waals surface area contributed by atoms with Crippen LogP contribution >= 0.6 is 0 Å². The van der Waals surface area contributed by atoms with Crippen LogP contribution in [0, 0.1) is 28.1 Å². The quantitative estimate of drug-likeness (QED) is 0.346. The second-order valence-electron chi connectivity index (χ2n) is 12.7. The van der Waals surface area contributed by atoms with Crippen molar-refractivity contribution in [2.24, 2.45) is 28.1 Å². The van der Waals surface area contributed by atoms with Gasteiger partial charge in [-0.3, -0.25) is 19.2 Å². The number of carbonyl (C=O) groups excluding carboxylic acids is 3. The number of Topliss-reactive ketones (excluding diaryl/α,β-unsaturated/α-hetero) is 3. The number of hydrogen-bond acceptors (Lipinski definition) is 5. The molecule has 0 rings (SSSR count). The van der Waals surface area contributed by atoms with Gasteiger partial charge in [-0.05, 0) is 56.3 Å². The van der Waals surface area contributed by atoms with Crippen molar-refractivity contribution in [3.8, 4) is 0 Å². The molecule has 0 saturated carbocycles. The van der Waals surface area contributed by atoms with Crippen LogP contribution < -0.4 is 0 Å². The Hall–Kier alpha value is -2.05. The summed E-state index contributed by atoms with van der Waals surface area (Å²) in [7, 11) is 0. The lowest BCUT2D eigenvalue weighted by atomic mass is 9.76. The number of aliphatic carboxylic acids is 2. The molecular weight excluding hydrogens is 448 g/mol. The summed E-state index contributed by atoms with van der Waals surface area (Å²) < 4.78 is 0. The minimum absolute atomic E-state index is 0.0510. The number of carbonyl (C=O) groups is 5. The fraction of sp³-hybridized carbons (Fsp3) is 0.821. The minimum Gasteiger partial charge on any atom is -0.481 e. The molecule has 2 atom stereocenters. The fourth-order valence-electron chi connectivity index (χ4n) is 3.62. The summed E-state index contributed by atoms with van der Waals surface area (Å²) in [6, 6.07) is 0. The van der Waals surface area contributed by atoms with Crippen LogP contribution in [0.4, 0.5) is 0 Å². The van der Waals surface area contributed by atoms with E-state index in [1.54, 1.807) is 6.92 Å². The molecule has 0 saturated heterocycles. The van der Waals surface area contributed by atoms with Crippen LogP contribution in [-0.2, 0) is 24.0 Å². The molecule has 206 valence electrons. The second kappa shape index (κ2) is 16.6. The maximum Gasteiger partial charge on any atom is 0.304 e. The minimum atomic E-state index is -0.912. The van der Waals surface area contributed by atoms with Crippen LogP contribution in [-0.4, -0.2) is 39.5 Å². The van der Waals surface area contributed by atoms with Gasteiger partial charge in [0.15, 0.2) is 0 Å². The number of carboxylic acid groups (broad SMARTS) is 2. The predicted molar refractivity (Wildman–Crippen MR) is 140 cm³/mol. The van der Waals surface area contributed by atoms with Crippen molar-refractivity contribution in [2.45, 2.75) is 122 Å².